The first-order valence-electron chi connectivity index (χ1n) is 9.05. The van der Waals surface area contributed by atoms with Crippen LogP contribution in [0.4, 0.5) is 0 Å². The summed E-state index contributed by atoms with van der Waals surface area (Å²) in [6.07, 6.45) is 11.7. The smallest absolute Gasteiger partial charge is 0.199 e. The zero-order chi connectivity index (χ0) is 16.6. The molecular formula is C20H26N2O2. The van der Waals surface area contributed by atoms with Gasteiger partial charge in [-0.1, -0.05) is 38.3 Å². The van der Waals surface area contributed by atoms with Crippen molar-refractivity contribution < 1.29 is 9.47 Å². The van der Waals surface area contributed by atoms with Crippen LogP contribution in [-0.2, 0) is 11.2 Å². The van der Waals surface area contributed by atoms with Crippen LogP contribution in [0.1, 0.15) is 51.3 Å². The lowest BCUT2D eigenvalue weighted by molar-refractivity contribution is -0.0390. The van der Waals surface area contributed by atoms with Crippen LogP contribution in [0.3, 0.4) is 0 Å². The van der Waals surface area contributed by atoms with Crippen LogP contribution >= 0.6 is 0 Å². The predicted octanol–water partition coefficient (Wildman–Crippen LogP) is 4.78. The normalized spacial score (nSPS) is 17.1. The van der Waals surface area contributed by atoms with E-state index in [2.05, 4.69) is 16.9 Å². The summed E-state index contributed by atoms with van der Waals surface area (Å²) in [6, 6.07) is 8.05. The summed E-state index contributed by atoms with van der Waals surface area (Å²) in [5.74, 6) is 1.78. The Balaban J connectivity index is 1.55. The number of hydrogen-bond acceptors (Lipinski definition) is 4. The molecule has 128 valence electrons. The average Bonchev–Trinajstić information content (AvgIpc) is 3.13. The molecule has 24 heavy (non-hydrogen) atoms. The lowest BCUT2D eigenvalue weighted by Gasteiger charge is -2.12. The molecule has 3 rings (SSSR count). The second-order valence-corrected chi connectivity index (χ2v) is 6.28. The highest BCUT2D eigenvalue weighted by molar-refractivity contribution is 5.62. The number of nitrogens with zero attached hydrogens (tertiary/aromatic N) is 2. The van der Waals surface area contributed by atoms with Gasteiger partial charge in [-0.3, -0.25) is 0 Å². The maximum Gasteiger partial charge on any atom is 0.199 e. The fourth-order valence-electron chi connectivity index (χ4n) is 2.86. The Bertz CT molecular complexity index is 605. The van der Waals surface area contributed by atoms with Crippen LogP contribution in [0.15, 0.2) is 36.7 Å². The van der Waals surface area contributed by atoms with Crippen LogP contribution in [-0.4, -0.2) is 22.9 Å². The first-order valence-corrected chi connectivity index (χ1v) is 9.05. The Kier molecular flexibility index (Phi) is 6.19. The molecule has 4 heteroatoms. The number of hydrogen-bond donors (Lipinski definition) is 0. The van der Waals surface area contributed by atoms with Crippen molar-refractivity contribution in [3.05, 3.63) is 42.5 Å². The number of unbranched alkanes of at least 4 members (excludes halogenated alkanes) is 3. The molecule has 1 aliphatic heterocycles. The minimum atomic E-state index is -0.0915. The topological polar surface area (TPSA) is 44.2 Å². The van der Waals surface area contributed by atoms with E-state index in [9.17, 15) is 0 Å². The van der Waals surface area contributed by atoms with Crippen LogP contribution in [0.2, 0.25) is 0 Å². The summed E-state index contributed by atoms with van der Waals surface area (Å²) >= 11 is 0. The second kappa shape index (κ2) is 8.78. The van der Waals surface area contributed by atoms with Crippen LogP contribution < -0.4 is 4.74 Å². The highest BCUT2D eigenvalue weighted by Crippen LogP contribution is 2.24. The van der Waals surface area contributed by atoms with Gasteiger partial charge in [0.15, 0.2) is 6.29 Å². The zero-order valence-electron chi connectivity index (χ0n) is 14.4. The van der Waals surface area contributed by atoms with E-state index < -0.39 is 0 Å². The molecule has 0 saturated carbocycles. The van der Waals surface area contributed by atoms with Gasteiger partial charge < -0.3 is 9.47 Å². The van der Waals surface area contributed by atoms with Crippen molar-refractivity contribution in [2.24, 2.45) is 0 Å². The lowest BCUT2D eigenvalue weighted by atomic mass is 10.1. The molecule has 2 heterocycles. The quantitative estimate of drug-likeness (QED) is 0.655. The molecule has 0 bridgehead atoms. The molecule has 4 nitrogen and oxygen atoms in total. The minimum absolute atomic E-state index is 0.0915. The Morgan fingerprint density at radius 3 is 2.50 bits per heavy atom. The fraction of sp³-hybridized carbons (Fsp3) is 0.500. The third-order valence-corrected chi connectivity index (χ3v) is 4.30. The molecule has 1 atom stereocenters. The highest BCUT2D eigenvalue weighted by Gasteiger charge is 2.16. The van der Waals surface area contributed by atoms with E-state index in [0.717, 1.165) is 48.6 Å². The monoisotopic (exact) mass is 326 g/mol. The summed E-state index contributed by atoms with van der Waals surface area (Å²) in [7, 11) is 0. The predicted molar refractivity (Wildman–Crippen MR) is 94.9 cm³/mol. The minimum Gasteiger partial charge on any atom is -0.465 e. The number of ether oxygens (including phenoxy) is 2. The van der Waals surface area contributed by atoms with Gasteiger partial charge in [0.2, 0.25) is 0 Å². The molecular weight excluding hydrogens is 300 g/mol. The number of rotatable bonds is 8. The van der Waals surface area contributed by atoms with Gasteiger partial charge in [-0.25, -0.2) is 9.97 Å². The summed E-state index contributed by atoms with van der Waals surface area (Å²) in [6.45, 7) is 3.02. The van der Waals surface area contributed by atoms with Crippen LogP contribution in [0.5, 0.6) is 5.75 Å². The van der Waals surface area contributed by atoms with E-state index in [4.69, 9.17) is 9.47 Å². The van der Waals surface area contributed by atoms with Crippen molar-refractivity contribution >= 4 is 0 Å². The van der Waals surface area contributed by atoms with Gasteiger partial charge >= 0.3 is 0 Å². The van der Waals surface area contributed by atoms with Gasteiger partial charge in [-0.05, 0) is 30.5 Å². The van der Waals surface area contributed by atoms with Crippen molar-refractivity contribution in [2.45, 2.75) is 58.2 Å². The summed E-state index contributed by atoms with van der Waals surface area (Å²) in [5.41, 5.74) is 2.14. The van der Waals surface area contributed by atoms with Crippen molar-refractivity contribution in [3.8, 4) is 16.9 Å². The van der Waals surface area contributed by atoms with Crippen LogP contribution in [0.25, 0.3) is 11.1 Å². The average molecular weight is 326 g/mol. The molecule has 2 aromatic rings. The second-order valence-electron chi connectivity index (χ2n) is 6.28. The van der Waals surface area contributed by atoms with E-state index >= 15 is 0 Å². The van der Waals surface area contributed by atoms with E-state index in [-0.39, 0.29) is 6.29 Å². The summed E-state index contributed by atoms with van der Waals surface area (Å²) in [5, 5.41) is 0. The number of aromatic nitrogens is 2. The summed E-state index contributed by atoms with van der Waals surface area (Å²) in [4.78, 5) is 8.99. The molecule has 1 aromatic heterocycles. The number of aryl methyl sites for hydroxylation is 1. The molecule has 0 spiro atoms. The molecule has 1 aromatic carbocycles. The van der Waals surface area contributed by atoms with Crippen molar-refractivity contribution in [1.82, 2.24) is 9.97 Å². The van der Waals surface area contributed by atoms with Gasteiger partial charge in [0, 0.05) is 30.8 Å². The number of benzene rings is 1. The SMILES string of the molecule is CCCCCCc1ncc(-c2ccc(OC3CCCO3)cc2)cn1. The third kappa shape index (κ3) is 4.78. The Morgan fingerprint density at radius 1 is 1.04 bits per heavy atom. The summed E-state index contributed by atoms with van der Waals surface area (Å²) < 4.78 is 11.3. The van der Waals surface area contributed by atoms with E-state index in [1.165, 1.54) is 25.7 Å². The Labute approximate surface area is 144 Å². The molecule has 1 saturated heterocycles. The van der Waals surface area contributed by atoms with Crippen molar-refractivity contribution in [1.29, 1.82) is 0 Å². The molecule has 0 radical (unpaired) electrons. The van der Waals surface area contributed by atoms with Gasteiger partial charge in [-0.15, -0.1) is 0 Å². The first-order chi connectivity index (χ1) is 11.8. The van der Waals surface area contributed by atoms with E-state index in [1.54, 1.807) is 0 Å². The third-order valence-electron chi connectivity index (χ3n) is 4.30. The van der Waals surface area contributed by atoms with Crippen molar-refractivity contribution in [3.63, 3.8) is 0 Å². The maximum atomic E-state index is 5.80. The largest absolute Gasteiger partial charge is 0.465 e. The molecule has 0 aliphatic carbocycles. The van der Waals surface area contributed by atoms with Crippen molar-refractivity contribution in [2.75, 3.05) is 6.61 Å². The zero-order valence-corrected chi connectivity index (χ0v) is 14.4. The Hall–Kier alpha value is -1.94. The molecule has 0 amide bonds. The molecule has 1 aliphatic rings. The van der Waals surface area contributed by atoms with E-state index in [1.807, 2.05) is 36.7 Å². The van der Waals surface area contributed by atoms with Gasteiger partial charge in [-0.2, -0.15) is 0 Å². The molecule has 1 unspecified atom stereocenters. The maximum absolute atomic E-state index is 5.80. The standard InChI is InChI=1S/C20H26N2O2/c1-2-3-4-5-7-19-21-14-17(15-22-19)16-9-11-18(12-10-16)24-20-8-6-13-23-20/h9-12,14-15,20H,2-8,13H2,1H3. The van der Waals surface area contributed by atoms with E-state index in [0.29, 0.717) is 0 Å². The van der Waals surface area contributed by atoms with Gasteiger partial charge in [0.05, 0.1) is 6.61 Å². The Morgan fingerprint density at radius 2 is 1.83 bits per heavy atom. The fourth-order valence-corrected chi connectivity index (χ4v) is 2.86. The first kappa shape index (κ1) is 16.9. The molecule has 0 N–H and O–H groups in total. The highest BCUT2D eigenvalue weighted by atomic mass is 16.7. The molecule has 1 fully saturated rings. The van der Waals surface area contributed by atoms with Gasteiger partial charge in [0.1, 0.15) is 11.6 Å². The van der Waals surface area contributed by atoms with Crippen LogP contribution in [0, 0.1) is 0 Å². The lowest BCUT2D eigenvalue weighted by Crippen LogP contribution is -2.13. The van der Waals surface area contributed by atoms with Gasteiger partial charge in [0.25, 0.3) is 0 Å².